The van der Waals surface area contributed by atoms with E-state index in [0.717, 1.165) is 6.07 Å². The van der Waals surface area contributed by atoms with Crippen molar-refractivity contribution < 1.29 is 9.18 Å². The minimum atomic E-state index is -0.756. The summed E-state index contributed by atoms with van der Waals surface area (Å²) >= 11 is 2.96. The molecular formula is C7H3BrFNO2. The van der Waals surface area contributed by atoms with Crippen molar-refractivity contribution in [1.82, 2.24) is 0 Å². The molecule has 0 fully saturated rings. The van der Waals surface area contributed by atoms with Gasteiger partial charge in [-0.25, -0.2) is 4.39 Å². The van der Waals surface area contributed by atoms with E-state index < -0.39 is 5.82 Å². The summed E-state index contributed by atoms with van der Waals surface area (Å²) in [6.07, 6.45) is 0.262. The highest BCUT2D eigenvalue weighted by Crippen LogP contribution is 2.25. The third kappa shape index (κ3) is 1.55. The third-order valence-electron chi connectivity index (χ3n) is 1.29. The molecule has 0 aliphatic carbocycles. The number of hydrogen-bond acceptors (Lipinski definition) is 3. The van der Waals surface area contributed by atoms with Crippen molar-refractivity contribution >= 4 is 27.9 Å². The van der Waals surface area contributed by atoms with Crippen LogP contribution >= 0.6 is 15.9 Å². The molecule has 1 aromatic rings. The minimum absolute atomic E-state index is 0.197. The Morgan fingerprint density at radius 3 is 2.67 bits per heavy atom. The lowest BCUT2D eigenvalue weighted by Crippen LogP contribution is -1.87. The molecule has 5 heteroatoms. The van der Waals surface area contributed by atoms with Crippen LogP contribution in [0.5, 0.6) is 0 Å². The van der Waals surface area contributed by atoms with Gasteiger partial charge in [0, 0.05) is 4.47 Å². The van der Waals surface area contributed by atoms with Gasteiger partial charge < -0.3 is 0 Å². The number of aldehydes is 1. The molecule has 0 N–H and O–H groups in total. The van der Waals surface area contributed by atoms with Gasteiger partial charge in [0.2, 0.25) is 0 Å². The molecule has 0 spiro atoms. The average molecular weight is 232 g/mol. The molecule has 0 aliphatic heterocycles. The van der Waals surface area contributed by atoms with Gasteiger partial charge in [-0.15, -0.1) is 4.91 Å². The highest BCUT2D eigenvalue weighted by Gasteiger charge is 2.09. The number of rotatable bonds is 2. The van der Waals surface area contributed by atoms with Gasteiger partial charge in [-0.3, -0.25) is 4.79 Å². The number of benzene rings is 1. The van der Waals surface area contributed by atoms with Gasteiger partial charge in [-0.05, 0) is 17.3 Å². The first-order valence-electron chi connectivity index (χ1n) is 2.96. The second kappa shape index (κ2) is 3.53. The zero-order chi connectivity index (χ0) is 9.14. The summed E-state index contributed by atoms with van der Waals surface area (Å²) < 4.78 is 13.2. The molecule has 0 saturated heterocycles. The first kappa shape index (κ1) is 8.99. The van der Waals surface area contributed by atoms with E-state index in [4.69, 9.17) is 0 Å². The maximum atomic E-state index is 12.8. The Morgan fingerprint density at radius 1 is 1.50 bits per heavy atom. The molecule has 1 aromatic carbocycles. The van der Waals surface area contributed by atoms with Crippen LogP contribution in [0.3, 0.4) is 0 Å². The lowest BCUT2D eigenvalue weighted by molar-refractivity contribution is 0.112. The van der Waals surface area contributed by atoms with Crippen molar-refractivity contribution in [2.45, 2.75) is 0 Å². The van der Waals surface area contributed by atoms with Crippen molar-refractivity contribution in [2.75, 3.05) is 0 Å². The maximum Gasteiger partial charge on any atom is 0.155 e. The van der Waals surface area contributed by atoms with E-state index in [2.05, 4.69) is 21.1 Å². The van der Waals surface area contributed by atoms with Crippen LogP contribution in [0.2, 0.25) is 0 Å². The fourth-order valence-corrected chi connectivity index (χ4v) is 1.18. The molecule has 0 atom stereocenters. The standard InChI is InChI=1S/C7H3BrFNO2/c8-4-1-6(9)5(3-11)7(2-4)10-12/h1-3H. The first-order valence-corrected chi connectivity index (χ1v) is 3.76. The molecule has 0 aliphatic rings. The van der Waals surface area contributed by atoms with Crippen LogP contribution in [0.25, 0.3) is 0 Å². The largest absolute Gasteiger partial charge is 0.298 e. The van der Waals surface area contributed by atoms with E-state index in [1.54, 1.807) is 0 Å². The highest BCUT2D eigenvalue weighted by atomic mass is 79.9. The van der Waals surface area contributed by atoms with E-state index in [1.807, 2.05) is 0 Å². The highest BCUT2D eigenvalue weighted by molar-refractivity contribution is 9.10. The second-order valence-corrected chi connectivity index (χ2v) is 2.95. The number of nitroso groups, excluding NO2 is 1. The van der Waals surface area contributed by atoms with Crippen LogP contribution in [-0.2, 0) is 0 Å². The Balaban J connectivity index is 3.43. The Hall–Kier alpha value is -1.10. The number of halogens is 2. The fraction of sp³-hybridized carbons (Fsp3) is 0. The minimum Gasteiger partial charge on any atom is -0.298 e. The molecule has 0 aromatic heterocycles. The van der Waals surface area contributed by atoms with Gasteiger partial charge in [0.05, 0.1) is 5.56 Å². The summed E-state index contributed by atoms with van der Waals surface area (Å²) in [5.41, 5.74) is -0.509. The van der Waals surface area contributed by atoms with E-state index in [0.29, 0.717) is 4.47 Å². The second-order valence-electron chi connectivity index (χ2n) is 2.03. The van der Waals surface area contributed by atoms with E-state index in [1.165, 1.54) is 6.07 Å². The van der Waals surface area contributed by atoms with Crippen molar-refractivity contribution in [3.05, 3.63) is 32.9 Å². The summed E-state index contributed by atoms with van der Waals surface area (Å²) in [5.74, 6) is -0.756. The first-order chi connectivity index (χ1) is 5.69. The SMILES string of the molecule is O=Cc1c(F)cc(Br)cc1N=O. The third-order valence-corrected chi connectivity index (χ3v) is 1.75. The van der Waals surface area contributed by atoms with Crippen LogP contribution in [0, 0.1) is 10.7 Å². The smallest absolute Gasteiger partial charge is 0.155 e. The molecule has 1 rings (SSSR count). The number of carbonyl (C=O) groups is 1. The van der Waals surface area contributed by atoms with Crippen LogP contribution in [-0.4, -0.2) is 6.29 Å². The van der Waals surface area contributed by atoms with Crippen molar-refractivity contribution in [3.8, 4) is 0 Å². The quantitative estimate of drug-likeness (QED) is 0.581. The number of hydrogen-bond donors (Lipinski definition) is 0. The normalized spacial score (nSPS) is 9.50. The summed E-state index contributed by atoms with van der Waals surface area (Å²) in [6, 6.07) is 2.37. The monoisotopic (exact) mass is 231 g/mol. The zero-order valence-corrected chi connectivity index (χ0v) is 7.34. The zero-order valence-electron chi connectivity index (χ0n) is 5.75. The van der Waals surface area contributed by atoms with Crippen molar-refractivity contribution in [3.63, 3.8) is 0 Å². The van der Waals surface area contributed by atoms with Crippen LogP contribution in [0.1, 0.15) is 10.4 Å². The van der Waals surface area contributed by atoms with Crippen molar-refractivity contribution in [2.24, 2.45) is 5.18 Å². The van der Waals surface area contributed by atoms with Crippen LogP contribution in [0.4, 0.5) is 10.1 Å². The Bertz CT molecular complexity index is 340. The van der Waals surface area contributed by atoms with Gasteiger partial charge in [0.1, 0.15) is 11.5 Å². The van der Waals surface area contributed by atoms with Gasteiger partial charge >= 0.3 is 0 Å². The van der Waals surface area contributed by atoms with E-state index in [9.17, 15) is 14.1 Å². The van der Waals surface area contributed by atoms with Gasteiger partial charge in [0.15, 0.2) is 6.29 Å². The molecule has 0 heterocycles. The predicted octanol–water partition coefficient (Wildman–Crippen LogP) is 2.80. The summed E-state index contributed by atoms with van der Waals surface area (Å²) in [4.78, 5) is 20.4. The number of carbonyl (C=O) groups excluding carboxylic acids is 1. The molecule has 0 bridgehead atoms. The van der Waals surface area contributed by atoms with E-state index >= 15 is 0 Å². The average Bonchev–Trinajstić information content (AvgIpc) is 2.03. The lowest BCUT2D eigenvalue weighted by atomic mass is 10.2. The summed E-state index contributed by atoms with van der Waals surface area (Å²) in [6.45, 7) is 0. The molecule has 12 heavy (non-hydrogen) atoms. The van der Waals surface area contributed by atoms with Gasteiger partial charge in [0.25, 0.3) is 0 Å². The number of nitrogens with zero attached hydrogens (tertiary/aromatic N) is 1. The Morgan fingerprint density at radius 2 is 2.17 bits per heavy atom. The van der Waals surface area contributed by atoms with Crippen LogP contribution < -0.4 is 0 Å². The fourth-order valence-electron chi connectivity index (χ4n) is 0.763. The predicted molar refractivity (Wildman–Crippen MR) is 44.9 cm³/mol. The van der Waals surface area contributed by atoms with Crippen LogP contribution in [0.15, 0.2) is 21.8 Å². The Labute approximate surface area is 75.7 Å². The topological polar surface area (TPSA) is 46.5 Å². The Kier molecular flexibility index (Phi) is 2.65. The van der Waals surface area contributed by atoms with Gasteiger partial charge in [-0.2, -0.15) is 0 Å². The maximum absolute atomic E-state index is 12.8. The molecular weight excluding hydrogens is 229 g/mol. The van der Waals surface area contributed by atoms with E-state index in [-0.39, 0.29) is 17.5 Å². The molecule has 0 unspecified atom stereocenters. The summed E-state index contributed by atoms with van der Waals surface area (Å²) in [7, 11) is 0. The van der Waals surface area contributed by atoms with Crippen molar-refractivity contribution in [1.29, 1.82) is 0 Å². The van der Waals surface area contributed by atoms with Gasteiger partial charge in [-0.1, -0.05) is 15.9 Å². The molecule has 0 amide bonds. The molecule has 0 saturated carbocycles. The molecule has 62 valence electrons. The molecule has 3 nitrogen and oxygen atoms in total. The molecule has 0 radical (unpaired) electrons. The summed E-state index contributed by atoms with van der Waals surface area (Å²) in [5, 5.41) is 2.51. The lowest BCUT2D eigenvalue weighted by Gasteiger charge is -1.97.